The zero-order chi connectivity index (χ0) is 24.7. The van der Waals surface area contributed by atoms with Crippen LogP contribution in [0.15, 0.2) is 65.8 Å². The average molecular weight is 480 g/mol. The maximum Gasteiger partial charge on any atom is 0.343 e. The molecule has 3 rings (SSSR count). The summed E-state index contributed by atoms with van der Waals surface area (Å²) in [5.74, 6) is -1.88. The molecule has 0 saturated carbocycles. The molecular formula is C25H22ClN3O5. The van der Waals surface area contributed by atoms with Crippen LogP contribution in [0.1, 0.15) is 27.0 Å². The van der Waals surface area contributed by atoms with E-state index in [-0.39, 0.29) is 11.5 Å². The number of anilines is 1. The summed E-state index contributed by atoms with van der Waals surface area (Å²) in [6.45, 7) is 3.71. The second-order valence-electron chi connectivity index (χ2n) is 7.28. The second kappa shape index (κ2) is 11.1. The van der Waals surface area contributed by atoms with E-state index in [0.29, 0.717) is 21.8 Å². The highest BCUT2D eigenvalue weighted by Crippen LogP contribution is 2.28. The third kappa shape index (κ3) is 6.43. The summed E-state index contributed by atoms with van der Waals surface area (Å²) in [7, 11) is 1.42. The number of hydrogen-bond donors (Lipinski definition) is 2. The van der Waals surface area contributed by atoms with E-state index in [1.54, 1.807) is 36.4 Å². The van der Waals surface area contributed by atoms with Crippen molar-refractivity contribution in [3.63, 3.8) is 0 Å². The molecular weight excluding hydrogens is 458 g/mol. The number of hydrazone groups is 1. The number of nitrogens with one attached hydrogen (secondary N) is 2. The molecule has 8 nitrogen and oxygen atoms in total. The van der Waals surface area contributed by atoms with Crippen LogP contribution in [0.5, 0.6) is 11.5 Å². The van der Waals surface area contributed by atoms with Crippen LogP contribution >= 0.6 is 11.6 Å². The molecule has 0 aliphatic carbocycles. The first kappa shape index (κ1) is 24.5. The van der Waals surface area contributed by atoms with Gasteiger partial charge in [-0.1, -0.05) is 29.8 Å². The van der Waals surface area contributed by atoms with Gasteiger partial charge in [-0.2, -0.15) is 5.10 Å². The predicted octanol–water partition coefficient (Wildman–Crippen LogP) is 4.27. The highest BCUT2D eigenvalue weighted by atomic mass is 35.5. The van der Waals surface area contributed by atoms with Crippen molar-refractivity contribution in [1.82, 2.24) is 5.43 Å². The van der Waals surface area contributed by atoms with Crippen LogP contribution in [0.2, 0.25) is 5.02 Å². The maximum atomic E-state index is 12.4. The molecule has 0 bridgehead atoms. The molecule has 2 amide bonds. The number of benzene rings is 3. The summed E-state index contributed by atoms with van der Waals surface area (Å²) < 4.78 is 10.7. The lowest BCUT2D eigenvalue weighted by molar-refractivity contribution is -0.136. The normalized spacial score (nSPS) is 10.6. The Kier molecular flexibility index (Phi) is 8.00. The number of amides is 2. The summed E-state index contributed by atoms with van der Waals surface area (Å²) in [6, 6.07) is 16.6. The van der Waals surface area contributed by atoms with Crippen molar-refractivity contribution in [2.45, 2.75) is 13.8 Å². The standard InChI is InChI=1S/C25H22ClN3O5/c1-15-7-8-16(2)20(11-15)28-23(30)24(31)29-27-14-17-9-10-21(22(12-17)33-3)34-25(32)18-5-4-6-19(26)13-18/h4-14H,1-3H3,(H,28,30)(H,29,31)/b27-14+. The van der Waals surface area contributed by atoms with Gasteiger partial charge in [0.25, 0.3) is 0 Å². The smallest absolute Gasteiger partial charge is 0.343 e. The van der Waals surface area contributed by atoms with Gasteiger partial charge in [0, 0.05) is 10.7 Å². The van der Waals surface area contributed by atoms with Gasteiger partial charge >= 0.3 is 17.8 Å². The van der Waals surface area contributed by atoms with E-state index in [2.05, 4.69) is 15.8 Å². The van der Waals surface area contributed by atoms with Gasteiger partial charge in [-0.3, -0.25) is 9.59 Å². The molecule has 0 heterocycles. The lowest BCUT2D eigenvalue weighted by Gasteiger charge is -2.10. The molecule has 2 N–H and O–H groups in total. The van der Waals surface area contributed by atoms with Crippen molar-refractivity contribution in [3.05, 3.63) is 87.9 Å². The van der Waals surface area contributed by atoms with E-state index >= 15 is 0 Å². The second-order valence-corrected chi connectivity index (χ2v) is 7.72. The lowest BCUT2D eigenvalue weighted by Crippen LogP contribution is -2.32. The van der Waals surface area contributed by atoms with Crippen LogP contribution in [-0.4, -0.2) is 31.1 Å². The van der Waals surface area contributed by atoms with Gasteiger partial charge in [-0.15, -0.1) is 0 Å². The van der Waals surface area contributed by atoms with Gasteiger partial charge in [-0.05, 0) is 73.0 Å². The summed E-state index contributed by atoms with van der Waals surface area (Å²) in [5, 5.41) is 6.78. The molecule has 3 aromatic rings. The van der Waals surface area contributed by atoms with Gasteiger partial charge < -0.3 is 14.8 Å². The summed E-state index contributed by atoms with van der Waals surface area (Å²) in [4.78, 5) is 36.5. The highest BCUT2D eigenvalue weighted by Gasteiger charge is 2.15. The van der Waals surface area contributed by atoms with Crippen LogP contribution in [0.3, 0.4) is 0 Å². The number of halogens is 1. The SMILES string of the molecule is COc1cc(/C=N/NC(=O)C(=O)Nc2cc(C)ccc2C)ccc1OC(=O)c1cccc(Cl)c1. The summed E-state index contributed by atoms with van der Waals surface area (Å²) in [5.41, 5.74) is 5.34. The van der Waals surface area contributed by atoms with Gasteiger partial charge in [0.15, 0.2) is 11.5 Å². The van der Waals surface area contributed by atoms with Crippen molar-refractivity contribution in [2.75, 3.05) is 12.4 Å². The largest absolute Gasteiger partial charge is 0.493 e. The van der Waals surface area contributed by atoms with E-state index < -0.39 is 17.8 Å². The fourth-order valence-corrected chi connectivity index (χ4v) is 3.08. The Morgan fingerprint density at radius 3 is 2.47 bits per heavy atom. The van der Waals surface area contributed by atoms with Crippen molar-refractivity contribution >= 4 is 41.3 Å². The number of nitrogens with zero attached hydrogens (tertiary/aromatic N) is 1. The van der Waals surface area contributed by atoms with Crippen LogP contribution in [0, 0.1) is 13.8 Å². The topological polar surface area (TPSA) is 106 Å². The Morgan fingerprint density at radius 2 is 1.74 bits per heavy atom. The predicted molar refractivity (Wildman–Crippen MR) is 130 cm³/mol. The third-order valence-electron chi connectivity index (χ3n) is 4.68. The molecule has 0 aromatic heterocycles. The minimum atomic E-state index is -0.920. The summed E-state index contributed by atoms with van der Waals surface area (Å²) in [6.07, 6.45) is 1.33. The van der Waals surface area contributed by atoms with Crippen molar-refractivity contribution in [3.8, 4) is 11.5 Å². The third-order valence-corrected chi connectivity index (χ3v) is 4.91. The Hall–Kier alpha value is -4.17. The van der Waals surface area contributed by atoms with Gasteiger partial charge in [0.1, 0.15) is 0 Å². The Labute approximate surface area is 201 Å². The molecule has 3 aromatic carbocycles. The quantitative estimate of drug-likeness (QED) is 0.180. The van der Waals surface area contributed by atoms with Crippen LogP contribution in [0.25, 0.3) is 0 Å². The van der Waals surface area contributed by atoms with E-state index in [4.69, 9.17) is 21.1 Å². The first-order valence-electron chi connectivity index (χ1n) is 10.1. The van der Waals surface area contributed by atoms with E-state index in [0.717, 1.165) is 11.1 Å². The molecule has 0 radical (unpaired) electrons. The number of aryl methyl sites for hydroxylation is 2. The van der Waals surface area contributed by atoms with Crippen LogP contribution < -0.4 is 20.2 Å². The first-order valence-corrected chi connectivity index (χ1v) is 10.5. The molecule has 0 spiro atoms. The van der Waals surface area contributed by atoms with Crippen molar-refractivity contribution < 1.29 is 23.9 Å². The van der Waals surface area contributed by atoms with Crippen LogP contribution in [0.4, 0.5) is 5.69 Å². The maximum absolute atomic E-state index is 12.4. The van der Waals surface area contributed by atoms with E-state index in [1.807, 2.05) is 26.0 Å². The molecule has 34 heavy (non-hydrogen) atoms. The zero-order valence-electron chi connectivity index (χ0n) is 18.7. The van der Waals surface area contributed by atoms with Gasteiger partial charge in [0.2, 0.25) is 0 Å². The molecule has 174 valence electrons. The minimum Gasteiger partial charge on any atom is -0.493 e. The molecule has 0 unspecified atom stereocenters. The number of rotatable bonds is 6. The molecule has 0 atom stereocenters. The zero-order valence-corrected chi connectivity index (χ0v) is 19.5. The Bertz CT molecular complexity index is 1270. The monoisotopic (exact) mass is 479 g/mol. The first-order chi connectivity index (χ1) is 16.3. The number of carbonyl (C=O) groups excluding carboxylic acids is 3. The molecule has 0 fully saturated rings. The Morgan fingerprint density at radius 1 is 0.941 bits per heavy atom. The number of carbonyl (C=O) groups is 3. The van der Waals surface area contributed by atoms with Crippen LogP contribution in [-0.2, 0) is 9.59 Å². The van der Waals surface area contributed by atoms with Gasteiger partial charge in [-0.25, -0.2) is 10.2 Å². The number of ether oxygens (including phenoxy) is 2. The molecule has 0 aliphatic rings. The summed E-state index contributed by atoms with van der Waals surface area (Å²) >= 11 is 5.91. The molecule has 9 heteroatoms. The Balaban J connectivity index is 1.62. The molecule has 0 saturated heterocycles. The molecule has 0 aliphatic heterocycles. The minimum absolute atomic E-state index is 0.196. The number of methoxy groups -OCH3 is 1. The van der Waals surface area contributed by atoms with Crippen molar-refractivity contribution in [1.29, 1.82) is 0 Å². The highest BCUT2D eigenvalue weighted by molar-refractivity contribution is 6.39. The fourth-order valence-electron chi connectivity index (χ4n) is 2.89. The van der Waals surface area contributed by atoms with E-state index in [9.17, 15) is 14.4 Å². The van der Waals surface area contributed by atoms with Crippen molar-refractivity contribution in [2.24, 2.45) is 5.10 Å². The average Bonchev–Trinajstić information content (AvgIpc) is 2.82. The number of hydrogen-bond acceptors (Lipinski definition) is 6. The van der Waals surface area contributed by atoms with Gasteiger partial charge in [0.05, 0.1) is 18.9 Å². The van der Waals surface area contributed by atoms with E-state index in [1.165, 1.54) is 25.5 Å². The number of esters is 1. The fraction of sp³-hybridized carbons (Fsp3) is 0.120. The lowest BCUT2D eigenvalue weighted by atomic mass is 10.1.